The number of likely N-dealkylation sites (tertiary alicyclic amines) is 1. The molecule has 1 aliphatic rings. The normalized spacial score (nSPS) is 20.6. The molecule has 124 valence electrons. The molecule has 21 heavy (non-hydrogen) atoms. The molecule has 0 aliphatic carbocycles. The second kappa shape index (κ2) is 9.26. The van der Waals surface area contributed by atoms with Gasteiger partial charge in [0.15, 0.2) is 0 Å². The zero-order valence-corrected chi connectivity index (χ0v) is 14.0. The van der Waals surface area contributed by atoms with Crippen molar-refractivity contribution < 1.29 is 9.90 Å². The van der Waals surface area contributed by atoms with Crippen molar-refractivity contribution in [2.24, 2.45) is 5.92 Å². The molecule has 0 bridgehead atoms. The maximum Gasteiger partial charge on any atom is 0.315 e. The average molecular weight is 299 g/mol. The highest BCUT2D eigenvalue weighted by Gasteiger charge is 2.24. The molecule has 0 aromatic heterocycles. The summed E-state index contributed by atoms with van der Waals surface area (Å²) in [7, 11) is 0. The summed E-state index contributed by atoms with van der Waals surface area (Å²) in [5.41, 5.74) is -0.519. The minimum Gasteiger partial charge on any atom is -0.394 e. The first-order valence-electron chi connectivity index (χ1n) is 8.38. The number of aliphatic hydroxyl groups is 1. The molecular weight excluding hydrogens is 266 g/mol. The molecule has 0 spiro atoms. The van der Waals surface area contributed by atoms with Crippen LogP contribution in [0.4, 0.5) is 4.79 Å². The molecule has 1 aliphatic heterocycles. The largest absolute Gasteiger partial charge is 0.394 e. The van der Waals surface area contributed by atoms with E-state index in [9.17, 15) is 9.90 Å². The standard InChI is InChI=1S/C16H33N3O2/c1-4-8-16(3,13-20)18-15(21)17-11-14(2)12-19-9-6-5-7-10-19/h14,20H,4-13H2,1-3H3,(H2,17,18,21). The first-order valence-corrected chi connectivity index (χ1v) is 8.38. The molecule has 0 saturated carbocycles. The third kappa shape index (κ3) is 7.14. The third-order valence-corrected chi connectivity index (χ3v) is 4.20. The molecular formula is C16H33N3O2. The monoisotopic (exact) mass is 299 g/mol. The van der Waals surface area contributed by atoms with Crippen LogP contribution in [-0.2, 0) is 0 Å². The average Bonchev–Trinajstić information content (AvgIpc) is 2.46. The lowest BCUT2D eigenvalue weighted by atomic mass is 9.98. The van der Waals surface area contributed by atoms with Gasteiger partial charge in [-0.15, -0.1) is 0 Å². The van der Waals surface area contributed by atoms with E-state index in [2.05, 4.69) is 22.5 Å². The van der Waals surface area contributed by atoms with E-state index in [4.69, 9.17) is 0 Å². The summed E-state index contributed by atoms with van der Waals surface area (Å²) in [5.74, 6) is 0.445. The molecule has 2 amide bonds. The van der Waals surface area contributed by atoms with Gasteiger partial charge < -0.3 is 20.6 Å². The van der Waals surface area contributed by atoms with Gasteiger partial charge in [0, 0.05) is 13.1 Å². The number of rotatable bonds is 8. The van der Waals surface area contributed by atoms with Crippen molar-refractivity contribution in [1.82, 2.24) is 15.5 Å². The number of urea groups is 1. The predicted molar refractivity (Wildman–Crippen MR) is 86.4 cm³/mol. The van der Waals surface area contributed by atoms with Gasteiger partial charge in [-0.3, -0.25) is 0 Å². The molecule has 0 aromatic carbocycles. The summed E-state index contributed by atoms with van der Waals surface area (Å²) in [6, 6.07) is -0.175. The Hall–Kier alpha value is -0.810. The highest BCUT2D eigenvalue weighted by Crippen LogP contribution is 2.12. The van der Waals surface area contributed by atoms with Crippen LogP contribution in [0.5, 0.6) is 0 Å². The van der Waals surface area contributed by atoms with E-state index in [1.54, 1.807) is 0 Å². The molecule has 0 radical (unpaired) electrons. The fourth-order valence-electron chi connectivity index (χ4n) is 2.97. The first-order chi connectivity index (χ1) is 9.99. The first kappa shape index (κ1) is 18.2. The maximum atomic E-state index is 11.9. The SMILES string of the molecule is CCCC(C)(CO)NC(=O)NCC(C)CN1CCCCC1. The van der Waals surface area contributed by atoms with Crippen LogP contribution in [0.15, 0.2) is 0 Å². The number of nitrogens with one attached hydrogen (secondary N) is 2. The minimum atomic E-state index is -0.519. The van der Waals surface area contributed by atoms with Gasteiger partial charge in [-0.05, 0) is 45.2 Å². The van der Waals surface area contributed by atoms with Crippen molar-refractivity contribution in [2.45, 2.75) is 58.4 Å². The topological polar surface area (TPSA) is 64.6 Å². The maximum absolute atomic E-state index is 11.9. The number of aliphatic hydroxyl groups excluding tert-OH is 1. The van der Waals surface area contributed by atoms with Crippen LogP contribution in [0.3, 0.4) is 0 Å². The van der Waals surface area contributed by atoms with E-state index >= 15 is 0 Å². The Morgan fingerprint density at radius 1 is 1.33 bits per heavy atom. The van der Waals surface area contributed by atoms with Gasteiger partial charge in [-0.2, -0.15) is 0 Å². The minimum absolute atomic E-state index is 0.0302. The molecule has 0 aromatic rings. The Bertz CT molecular complexity index is 306. The number of hydrogen-bond donors (Lipinski definition) is 3. The predicted octanol–water partition coefficient (Wildman–Crippen LogP) is 1.96. The number of carbonyl (C=O) groups is 1. The zero-order valence-electron chi connectivity index (χ0n) is 14.0. The number of hydrogen-bond acceptors (Lipinski definition) is 3. The number of carbonyl (C=O) groups excluding carboxylic acids is 1. The summed E-state index contributed by atoms with van der Waals surface area (Å²) in [6.45, 7) is 10.2. The summed E-state index contributed by atoms with van der Waals surface area (Å²) < 4.78 is 0. The van der Waals surface area contributed by atoms with Gasteiger partial charge in [0.2, 0.25) is 0 Å². The molecule has 1 rings (SSSR count). The summed E-state index contributed by atoms with van der Waals surface area (Å²) >= 11 is 0. The van der Waals surface area contributed by atoms with Crippen LogP contribution >= 0.6 is 0 Å². The zero-order chi connectivity index (χ0) is 15.7. The van der Waals surface area contributed by atoms with Crippen molar-refractivity contribution in [3.8, 4) is 0 Å². The van der Waals surface area contributed by atoms with Crippen LogP contribution in [0, 0.1) is 5.92 Å². The van der Waals surface area contributed by atoms with E-state index in [0.717, 1.165) is 19.4 Å². The fraction of sp³-hybridized carbons (Fsp3) is 0.938. The summed E-state index contributed by atoms with van der Waals surface area (Å²) in [6.07, 6.45) is 5.66. The lowest BCUT2D eigenvalue weighted by Crippen LogP contribution is -2.53. The molecule has 3 N–H and O–H groups in total. The third-order valence-electron chi connectivity index (χ3n) is 4.20. The number of piperidine rings is 1. The Balaban J connectivity index is 2.24. The second-order valence-corrected chi connectivity index (χ2v) is 6.77. The molecule has 2 atom stereocenters. The Kier molecular flexibility index (Phi) is 8.04. The van der Waals surface area contributed by atoms with E-state index in [1.165, 1.54) is 32.4 Å². The highest BCUT2D eigenvalue weighted by atomic mass is 16.3. The van der Waals surface area contributed by atoms with E-state index < -0.39 is 5.54 Å². The van der Waals surface area contributed by atoms with E-state index in [1.807, 2.05) is 13.8 Å². The van der Waals surface area contributed by atoms with Crippen LogP contribution in [0.2, 0.25) is 0 Å². The molecule has 1 heterocycles. The molecule has 1 saturated heterocycles. The van der Waals surface area contributed by atoms with Crippen molar-refractivity contribution in [3.63, 3.8) is 0 Å². The van der Waals surface area contributed by atoms with Crippen molar-refractivity contribution in [2.75, 3.05) is 32.8 Å². The van der Waals surface area contributed by atoms with Gasteiger partial charge >= 0.3 is 6.03 Å². The van der Waals surface area contributed by atoms with Crippen LogP contribution in [0.1, 0.15) is 52.9 Å². The lowest BCUT2D eigenvalue weighted by Gasteiger charge is -2.30. The molecule has 1 fully saturated rings. The van der Waals surface area contributed by atoms with Gasteiger partial charge in [0.1, 0.15) is 0 Å². The van der Waals surface area contributed by atoms with Gasteiger partial charge in [0.25, 0.3) is 0 Å². The van der Waals surface area contributed by atoms with E-state index in [-0.39, 0.29) is 12.6 Å². The van der Waals surface area contributed by atoms with Gasteiger partial charge in [0.05, 0.1) is 12.1 Å². The Morgan fingerprint density at radius 3 is 2.57 bits per heavy atom. The summed E-state index contributed by atoms with van der Waals surface area (Å²) in [5, 5.41) is 15.2. The van der Waals surface area contributed by atoms with Gasteiger partial charge in [-0.1, -0.05) is 26.7 Å². The lowest BCUT2D eigenvalue weighted by molar-refractivity contribution is 0.161. The summed E-state index contributed by atoms with van der Waals surface area (Å²) in [4.78, 5) is 14.4. The number of amides is 2. The molecule has 5 heteroatoms. The quantitative estimate of drug-likeness (QED) is 0.642. The van der Waals surface area contributed by atoms with Crippen molar-refractivity contribution in [3.05, 3.63) is 0 Å². The van der Waals surface area contributed by atoms with Crippen LogP contribution < -0.4 is 10.6 Å². The van der Waals surface area contributed by atoms with Gasteiger partial charge in [-0.25, -0.2) is 4.79 Å². The fourth-order valence-corrected chi connectivity index (χ4v) is 2.97. The highest BCUT2D eigenvalue weighted by molar-refractivity contribution is 5.74. The van der Waals surface area contributed by atoms with Crippen molar-refractivity contribution in [1.29, 1.82) is 0 Å². The van der Waals surface area contributed by atoms with Crippen LogP contribution in [-0.4, -0.2) is 54.4 Å². The molecule has 2 unspecified atom stereocenters. The Morgan fingerprint density at radius 2 is 2.00 bits per heavy atom. The van der Waals surface area contributed by atoms with Crippen LogP contribution in [0.25, 0.3) is 0 Å². The Labute approximate surface area is 129 Å². The molecule has 5 nitrogen and oxygen atoms in total. The smallest absolute Gasteiger partial charge is 0.315 e. The van der Waals surface area contributed by atoms with E-state index in [0.29, 0.717) is 12.5 Å². The van der Waals surface area contributed by atoms with Crippen molar-refractivity contribution >= 4 is 6.03 Å². The number of nitrogens with zero attached hydrogens (tertiary/aromatic N) is 1. The second-order valence-electron chi connectivity index (χ2n) is 6.77.